The number of carbonyl (C=O) groups excluding carboxylic acids is 1. The highest BCUT2D eigenvalue weighted by Gasteiger charge is 2.26. The van der Waals surface area contributed by atoms with E-state index in [0.29, 0.717) is 12.6 Å². The van der Waals surface area contributed by atoms with Gasteiger partial charge < -0.3 is 14.3 Å². The predicted octanol–water partition coefficient (Wildman–Crippen LogP) is 3.85. The van der Waals surface area contributed by atoms with E-state index in [1.807, 2.05) is 25.1 Å². The zero-order valence-corrected chi connectivity index (χ0v) is 15.7. The number of aromatic nitrogens is 1. The summed E-state index contributed by atoms with van der Waals surface area (Å²) < 4.78 is 7.84. The molecular formula is C20H29N3O2. The highest BCUT2D eigenvalue weighted by Crippen LogP contribution is 2.25. The molecule has 3 rings (SSSR count). The second kappa shape index (κ2) is 7.48. The number of carbonyl (C=O) groups is 1. The number of amides is 1. The van der Waals surface area contributed by atoms with E-state index in [-0.39, 0.29) is 11.9 Å². The third-order valence-electron chi connectivity index (χ3n) is 5.15. The molecule has 5 heteroatoms. The van der Waals surface area contributed by atoms with Crippen molar-refractivity contribution in [3.63, 3.8) is 0 Å². The average Bonchev–Trinajstić information content (AvgIpc) is 3.29. The smallest absolute Gasteiger partial charge is 0.253 e. The van der Waals surface area contributed by atoms with Gasteiger partial charge in [0.2, 0.25) is 0 Å². The number of aryl methyl sites for hydroxylation is 1. The zero-order valence-electron chi connectivity index (χ0n) is 15.7. The summed E-state index contributed by atoms with van der Waals surface area (Å²) in [5, 5.41) is 3.13. The summed E-state index contributed by atoms with van der Waals surface area (Å²) in [6.45, 7) is 11.0. The van der Waals surface area contributed by atoms with E-state index in [4.69, 9.17) is 4.42 Å². The molecule has 0 aliphatic carbocycles. The van der Waals surface area contributed by atoms with E-state index in [1.54, 1.807) is 6.26 Å². The number of likely N-dealkylation sites (tertiary alicyclic amines) is 1. The minimum atomic E-state index is -0.00393. The first-order valence-electron chi connectivity index (χ1n) is 9.23. The summed E-state index contributed by atoms with van der Waals surface area (Å²) >= 11 is 0. The molecule has 136 valence electrons. The van der Waals surface area contributed by atoms with Gasteiger partial charge in [0.25, 0.3) is 5.91 Å². The Morgan fingerprint density at radius 1 is 1.28 bits per heavy atom. The topological polar surface area (TPSA) is 50.4 Å². The normalized spacial score (nSPS) is 16.5. The SMILES string of the molecule is Cc1cc(C(=O)NCC(c2ccco2)N2CCCC2)c(C)n1C(C)C. The van der Waals surface area contributed by atoms with Gasteiger partial charge in [0, 0.05) is 24.0 Å². The Hall–Kier alpha value is -2.01. The fourth-order valence-electron chi connectivity index (χ4n) is 4.03. The minimum Gasteiger partial charge on any atom is -0.468 e. The van der Waals surface area contributed by atoms with Crippen LogP contribution in [-0.2, 0) is 0 Å². The molecule has 0 aromatic carbocycles. The molecule has 1 atom stereocenters. The van der Waals surface area contributed by atoms with Crippen LogP contribution in [0.4, 0.5) is 0 Å². The highest BCUT2D eigenvalue weighted by molar-refractivity contribution is 5.95. The van der Waals surface area contributed by atoms with E-state index in [0.717, 1.165) is 35.8 Å². The Bertz CT molecular complexity index is 710. The molecule has 3 heterocycles. The number of rotatable bonds is 6. The predicted molar refractivity (Wildman–Crippen MR) is 98.9 cm³/mol. The highest BCUT2D eigenvalue weighted by atomic mass is 16.3. The van der Waals surface area contributed by atoms with E-state index in [9.17, 15) is 4.79 Å². The number of furan rings is 1. The van der Waals surface area contributed by atoms with Crippen molar-refractivity contribution in [3.8, 4) is 0 Å². The molecule has 1 N–H and O–H groups in total. The summed E-state index contributed by atoms with van der Waals surface area (Å²) in [6.07, 6.45) is 4.12. The first-order chi connectivity index (χ1) is 12.0. The molecular weight excluding hydrogens is 314 g/mol. The number of nitrogens with one attached hydrogen (secondary N) is 1. The molecule has 1 aliphatic heterocycles. The lowest BCUT2D eigenvalue weighted by molar-refractivity contribution is 0.0933. The summed E-state index contributed by atoms with van der Waals surface area (Å²) in [4.78, 5) is 15.2. The quantitative estimate of drug-likeness (QED) is 0.867. The number of hydrogen-bond acceptors (Lipinski definition) is 3. The van der Waals surface area contributed by atoms with Crippen LogP contribution in [0.1, 0.15) is 66.3 Å². The van der Waals surface area contributed by atoms with Crippen molar-refractivity contribution < 1.29 is 9.21 Å². The third kappa shape index (κ3) is 3.66. The Labute approximate surface area is 150 Å². The van der Waals surface area contributed by atoms with Crippen LogP contribution < -0.4 is 5.32 Å². The summed E-state index contributed by atoms with van der Waals surface area (Å²) in [6, 6.07) is 6.36. The zero-order chi connectivity index (χ0) is 18.0. The largest absolute Gasteiger partial charge is 0.468 e. The van der Waals surface area contributed by atoms with Gasteiger partial charge in [-0.25, -0.2) is 0 Å². The monoisotopic (exact) mass is 343 g/mol. The molecule has 2 aromatic rings. The summed E-state index contributed by atoms with van der Waals surface area (Å²) in [5.74, 6) is 0.922. The maximum Gasteiger partial charge on any atom is 0.253 e. The minimum absolute atomic E-state index is 0.00393. The van der Waals surface area contributed by atoms with Crippen molar-refractivity contribution in [2.24, 2.45) is 0 Å². The number of hydrogen-bond donors (Lipinski definition) is 1. The molecule has 0 radical (unpaired) electrons. The van der Waals surface area contributed by atoms with Gasteiger partial charge in [-0.15, -0.1) is 0 Å². The molecule has 1 unspecified atom stereocenters. The third-order valence-corrected chi connectivity index (χ3v) is 5.15. The lowest BCUT2D eigenvalue weighted by Gasteiger charge is -2.26. The Morgan fingerprint density at radius 3 is 2.56 bits per heavy atom. The first kappa shape index (κ1) is 17.8. The van der Waals surface area contributed by atoms with E-state index >= 15 is 0 Å². The molecule has 0 bridgehead atoms. The van der Waals surface area contributed by atoms with Crippen molar-refractivity contribution in [2.75, 3.05) is 19.6 Å². The summed E-state index contributed by atoms with van der Waals surface area (Å²) in [7, 11) is 0. The van der Waals surface area contributed by atoms with Crippen LogP contribution in [-0.4, -0.2) is 35.0 Å². The Kier molecular flexibility index (Phi) is 5.33. The average molecular weight is 343 g/mol. The second-order valence-corrected chi connectivity index (χ2v) is 7.23. The molecule has 1 fully saturated rings. The van der Waals surface area contributed by atoms with Crippen LogP contribution in [0.15, 0.2) is 28.9 Å². The van der Waals surface area contributed by atoms with Gasteiger partial charge in [0.1, 0.15) is 5.76 Å². The van der Waals surface area contributed by atoms with Crippen LogP contribution in [0.3, 0.4) is 0 Å². The molecule has 1 saturated heterocycles. The van der Waals surface area contributed by atoms with Crippen LogP contribution in [0.25, 0.3) is 0 Å². The second-order valence-electron chi connectivity index (χ2n) is 7.23. The van der Waals surface area contributed by atoms with Gasteiger partial charge in [-0.1, -0.05) is 0 Å². The Morgan fingerprint density at radius 2 is 2.00 bits per heavy atom. The van der Waals surface area contributed by atoms with Crippen LogP contribution in [0.2, 0.25) is 0 Å². The van der Waals surface area contributed by atoms with Crippen molar-refractivity contribution in [1.82, 2.24) is 14.8 Å². The first-order valence-corrected chi connectivity index (χ1v) is 9.23. The van der Waals surface area contributed by atoms with Gasteiger partial charge in [-0.05, 0) is 71.8 Å². The molecule has 0 spiro atoms. The van der Waals surface area contributed by atoms with E-state index < -0.39 is 0 Å². The summed E-state index contributed by atoms with van der Waals surface area (Å²) in [5.41, 5.74) is 2.92. The fraction of sp³-hybridized carbons (Fsp3) is 0.550. The number of nitrogens with zero attached hydrogens (tertiary/aromatic N) is 2. The van der Waals surface area contributed by atoms with Crippen molar-refractivity contribution in [3.05, 3.63) is 47.2 Å². The van der Waals surface area contributed by atoms with Crippen molar-refractivity contribution in [2.45, 2.75) is 52.6 Å². The van der Waals surface area contributed by atoms with Gasteiger partial charge in [0.15, 0.2) is 0 Å². The van der Waals surface area contributed by atoms with Gasteiger partial charge in [0.05, 0.1) is 17.9 Å². The van der Waals surface area contributed by atoms with Crippen LogP contribution in [0, 0.1) is 13.8 Å². The molecule has 2 aromatic heterocycles. The van der Waals surface area contributed by atoms with Gasteiger partial charge in [-0.3, -0.25) is 9.69 Å². The van der Waals surface area contributed by atoms with Crippen molar-refractivity contribution in [1.29, 1.82) is 0 Å². The molecule has 25 heavy (non-hydrogen) atoms. The van der Waals surface area contributed by atoms with Crippen molar-refractivity contribution >= 4 is 5.91 Å². The molecule has 1 aliphatic rings. The lowest BCUT2D eigenvalue weighted by atomic mass is 10.1. The molecule has 0 saturated carbocycles. The maximum atomic E-state index is 12.8. The van der Waals surface area contributed by atoms with Gasteiger partial charge >= 0.3 is 0 Å². The maximum absolute atomic E-state index is 12.8. The van der Waals surface area contributed by atoms with Crippen LogP contribution in [0.5, 0.6) is 0 Å². The lowest BCUT2D eigenvalue weighted by Crippen LogP contribution is -2.36. The standard InChI is InChI=1S/C20H29N3O2/c1-14(2)23-15(3)12-17(16(23)4)20(24)21-13-18(19-8-7-11-25-19)22-9-5-6-10-22/h7-8,11-12,14,18H,5-6,9-10,13H2,1-4H3,(H,21,24). The van der Waals surface area contributed by atoms with Crippen LogP contribution >= 0.6 is 0 Å². The van der Waals surface area contributed by atoms with E-state index in [2.05, 4.69) is 35.6 Å². The molecule has 5 nitrogen and oxygen atoms in total. The molecule has 1 amide bonds. The fourth-order valence-corrected chi connectivity index (χ4v) is 4.03. The van der Waals surface area contributed by atoms with Gasteiger partial charge in [-0.2, -0.15) is 0 Å². The Balaban J connectivity index is 1.73. The van der Waals surface area contributed by atoms with E-state index in [1.165, 1.54) is 12.8 Å².